The first-order valence-electron chi connectivity index (χ1n) is 8.52. The largest absolute Gasteiger partial charge is 0.324 e. The molecule has 1 aliphatic rings. The number of amides is 2. The van der Waals surface area contributed by atoms with E-state index in [1.54, 1.807) is 6.20 Å². The van der Waals surface area contributed by atoms with Crippen LogP contribution in [0.25, 0.3) is 0 Å². The Morgan fingerprint density at radius 1 is 1.33 bits per heavy atom. The van der Waals surface area contributed by atoms with Gasteiger partial charge in [-0.1, -0.05) is 25.1 Å². The summed E-state index contributed by atoms with van der Waals surface area (Å²) >= 11 is 1.87. The van der Waals surface area contributed by atoms with E-state index in [-0.39, 0.29) is 6.03 Å². The first-order valence-corrected chi connectivity index (χ1v) is 9.50. The Morgan fingerprint density at radius 2 is 2.17 bits per heavy atom. The molecule has 2 amide bonds. The first-order chi connectivity index (χ1) is 11.8. The van der Waals surface area contributed by atoms with Crippen LogP contribution in [-0.4, -0.2) is 39.6 Å². The van der Waals surface area contributed by atoms with Gasteiger partial charge in [-0.25, -0.2) is 9.48 Å². The van der Waals surface area contributed by atoms with Crippen molar-refractivity contribution in [1.29, 1.82) is 0 Å². The molecule has 2 aromatic rings. The standard InChI is InChI=1S/C18H24N4OS/c1-2-11-22-17(8-10-19-22)20-18(23)21-12-9-15(13-21)14-24-16-6-4-3-5-7-16/h3-8,10,15H,2,9,11-14H2,1H3,(H,20,23). The number of carbonyl (C=O) groups is 1. The molecule has 5 nitrogen and oxygen atoms in total. The lowest BCUT2D eigenvalue weighted by Gasteiger charge is -2.18. The number of anilines is 1. The Balaban J connectivity index is 1.48. The second kappa shape index (κ2) is 8.24. The number of carbonyl (C=O) groups excluding carboxylic acids is 1. The number of aromatic nitrogens is 2. The summed E-state index contributed by atoms with van der Waals surface area (Å²) < 4.78 is 1.84. The van der Waals surface area contributed by atoms with Gasteiger partial charge in [0.2, 0.25) is 0 Å². The van der Waals surface area contributed by atoms with Gasteiger partial charge in [0.1, 0.15) is 5.82 Å². The fourth-order valence-corrected chi connectivity index (χ4v) is 3.95. The number of nitrogens with zero attached hydrogens (tertiary/aromatic N) is 3. The van der Waals surface area contributed by atoms with Gasteiger partial charge < -0.3 is 4.90 Å². The summed E-state index contributed by atoms with van der Waals surface area (Å²) in [5, 5.41) is 7.24. The summed E-state index contributed by atoms with van der Waals surface area (Å²) in [6.45, 7) is 4.57. The number of likely N-dealkylation sites (tertiary alicyclic amines) is 1. The highest BCUT2D eigenvalue weighted by atomic mass is 32.2. The normalized spacial score (nSPS) is 17.2. The minimum Gasteiger partial charge on any atom is -0.324 e. The third-order valence-electron chi connectivity index (χ3n) is 4.19. The number of rotatable bonds is 6. The topological polar surface area (TPSA) is 50.2 Å². The zero-order chi connectivity index (χ0) is 16.8. The molecule has 1 saturated heterocycles. The Morgan fingerprint density at radius 3 is 2.96 bits per heavy atom. The monoisotopic (exact) mass is 344 g/mol. The molecule has 1 fully saturated rings. The molecule has 0 radical (unpaired) electrons. The Hall–Kier alpha value is -1.95. The van der Waals surface area contributed by atoms with Crippen LogP contribution in [0.1, 0.15) is 19.8 Å². The van der Waals surface area contributed by atoms with Gasteiger partial charge in [-0.3, -0.25) is 5.32 Å². The van der Waals surface area contributed by atoms with E-state index in [4.69, 9.17) is 0 Å². The highest BCUT2D eigenvalue weighted by molar-refractivity contribution is 7.99. The Kier molecular flexibility index (Phi) is 5.80. The highest BCUT2D eigenvalue weighted by Gasteiger charge is 2.26. The second-order valence-corrected chi connectivity index (χ2v) is 7.19. The van der Waals surface area contributed by atoms with Crippen molar-refractivity contribution in [2.24, 2.45) is 5.92 Å². The van der Waals surface area contributed by atoms with Gasteiger partial charge in [0.25, 0.3) is 0 Å². The van der Waals surface area contributed by atoms with Crippen molar-refractivity contribution < 1.29 is 4.79 Å². The average Bonchev–Trinajstić information content (AvgIpc) is 3.24. The average molecular weight is 344 g/mol. The van der Waals surface area contributed by atoms with Crippen molar-refractivity contribution in [2.75, 3.05) is 24.2 Å². The summed E-state index contributed by atoms with van der Waals surface area (Å²) in [6.07, 6.45) is 3.79. The molecule has 128 valence electrons. The molecule has 1 aliphatic heterocycles. The van der Waals surface area contributed by atoms with E-state index in [1.807, 2.05) is 33.5 Å². The van der Waals surface area contributed by atoms with Crippen molar-refractivity contribution in [3.8, 4) is 0 Å². The van der Waals surface area contributed by atoms with Crippen LogP contribution in [0.15, 0.2) is 47.5 Å². The lowest BCUT2D eigenvalue weighted by molar-refractivity contribution is 0.221. The van der Waals surface area contributed by atoms with Gasteiger partial charge in [-0.2, -0.15) is 5.10 Å². The lowest BCUT2D eigenvalue weighted by atomic mass is 10.2. The van der Waals surface area contributed by atoms with Crippen LogP contribution in [0.4, 0.5) is 10.6 Å². The summed E-state index contributed by atoms with van der Waals surface area (Å²) in [5.74, 6) is 2.40. The predicted octanol–water partition coefficient (Wildman–Crippen LogP) is 3.94. The molecule has 1 aromatic carbocycles. The summed E-state index contributed by atoms with van der Waals surface area (Å²) in [6, 6.07) is 12.3. The highest BCUT2D eigenvalue weighted by Crippen LogP contribution is 2.26. The van der Waals surface area contributed by atoms with Crippen LogP contribution in [0, 0.1) is 5.92 Å². The van der Waals surface area contributed by atoms with Gasteiger partial charge in [0.15, 0.2) is 0 Å². The molecule has 3 rings (SSSR count). The molecular weight excluding hydrogens is 320 g/mol. The molecular formula is C18H24N4OS. The smallest absolute Gasteiger partial charge is 0.323 e. The van der Waals surface area contributed by atoms with Gasteiger partial charge in [-0.15, -0.1) is 11.8 Å². The van der Waals surface area contributed by atoms with E-state index in [1.165, 1.54) is 4.90 Å². The number of urea groups is 1. The minimum absolute atomic E-state index is 0.0138. The van der Waals surface area contributed by atoms with Crippen molar-refractivity contribution in [3.63, 3.8) is 0 Å². The van der Waals surface area contributed by atoms with E-state index in [2.05, 4.69) is 41.6 Å². The molecule has 0 spiro atoms. The maximum Gasteiger partial charge on any atom is 0.323 e. The van der Waals surface area contributed by atoms with Crippen molar-refractivity contribution in [2.45, 2.75) is 31.2 Å². The molecule has 1 aromatic heterocycles. The zero-order valence-corrected chi connectivity index (χ0v) is 14.8. The van der Waals surface area contributed by atoms with Crippen molar-refractivity contribution >= 4 is 23.6 Å². The summed E-state index contributed by atoms with van der Waals surface area (Å²) in [7, 11) is 0. The third kappa shape index (κ3) is 4.32. The summed E-state index contributed by atoms with van der Waals surface area (Å²) in [4.78, 5) is 15.7. The molecule has 6 heteroatoms. The number of hydrogen-bond donors (Lipinski definition) is 1. The Bertz CT molecular complexity index is 658. The van der Waals surface area contributed by atoms with E-state index < -0.39 is 0 Å². The van der Waals surface area contributed by atoms with Crippen LogP contribution >= 0.6 is 11.8 Å². The van der Waals surface area contributed by atoms with Crippen LogP contribution < -0.4 is 5.32 Å². The van der Waals surface area contributed by atoms with Crippen LogP contribution in [0.3, 0.4) is 0 Å². The molecule has 2 heterocycles. The number of aryl methyl sites for hydroxylation is 1. The molecule has 1 N–H and O–H groups in total. The number of nitrogens with one attached hydrogen (secondary N) is 1. The van der Waals surface area contributed by atoms with Crippen molar-refractivity contribution in [3.05, 3.63) is 42.6 Å². The van der Waals surface area contributed by atoms with Crippen LogP contribution in [0.5, 0.6) is 0 Å². The van der Waals surface area contributed by atoms with Gasteiger partial charge in [-0.05, 0) is 30.9 Å². The predicted molar refractivity (Wildman–Crippen MR) is 98.4 cm³/mol. The van der Waals surface area contributed by atoms with E-state index in [0.717, 1.165) is 44.0 Å². The summed E-state index contributed by atoms with van der Waals surface area (Å²) in [5.41, 5.74) is 0. The minimum atomic E-state index is -0.0138. The number of benzene rings is 1. The molecule has 0 bridgehead atoms. The zero-order valence-electron chi connectivity index (χ0n) is 14.0. The molecule has 0 aliphatic carbocycles. The molecule has 0 saturated carbocycles. The third-order valence-corrected chi connectivity index (χ3v) is 5.43. The van der Waals surface area contributed by atoms with E-state index in [9.17, 15) is 4.79 Å². The fraction of sp³-hybridized carbons (Fsp3) is 0.444. The quantitative estimate of drug-likeness (QED) is 0.808. The number of thioether (sulfide) groups is 1. The lowest BCUT2D eigenvalue weighted by Crippen LogP contribution is -2.33. The van der Waals surface area contributed by atoms with Gasteiger partial charge in [0.05, 0.1) is 6.20 Å². The van der Waals surface area contributed by atoms with E-state index >= 15 is 0 Å². The molecule has 1 atom stereocenters. The molecule has 1 unspecified atom stereocenters. The molecule has 24 heavy (non-hydrogen) atoms. The second-order valence-electron chi connectivity index (χ2n) is 6.09. The first kappa shape index (κ1) is 16.9. The maximum atomic E-state index is 12.5. The van der Waals surface area contributed by atoms with Gasteiger partial charge in [0, 0.05) is 36.3 Å². The van der Waals surface area contributed by atoms with Crippen LogP contribution in [-0.2, 0) is 6.54 Å². The van der Waals surface area contributed by atoms with Crippen molar-refractivity contribution in [1.82, 2.24) is 14.7 Å². The fourth-order valence-electron chi connectivity index (χ4n) is 2.90. The van der Waals surface area contributed by atoms with Gasteiger partial charge >= 0.3 is 6.03 Å². The number of hydrogen-bond acceptors (Lipinski definition) is 3. The van der Waals surface area contributed by atoms with Crippen LogP contribution in [0.2, 0.25) is 0 Å². The maximum absolute atomic E-state index is 12.5. The SMILES string of the molecule is CCCn1nccc1NC(=O)N1CCC(CSc2ccccc2)C1. The Labute approximate surface area is 147 Å². The van der Waals surface area contributed by atoms with E-state index in [0.29, 0.717) is 5.92 Å².